The quantitative estimate of drug-likeness (QED) is 0.302. The van der Waals surface area contributed by atoms with Crippen molar-refractivity contribution >= 4 is 57.1 Å². The van der Waals surface area contributed by atoms with Gasteiger partial charge in [0.15, 0.2) is 0 Å². The summed E-state index contributed by atoms with van der Waals surface area (Å²) in [5, 5.41) is 5.41. The van der Waals surface area contributed by atoms with E-state index in [-0.39, 0.29) is 18.0 Å². The zero-order valence-electron chi connectivity index (χ0n) is 18.1. The highest BCUT2D eigenvalue weighted by molar-refractivity contribution is 9.10. The maximum Gasteiger partial charge on any atom is 0.329 e. The highest BCUT2D eigenvalue weighted by atomic mass is 79.9. The van der Waals surface area contributed by atoms with Crippen LogP contribution in [-0.4, -0.2) is 29.3 Å². The molecule has 7 nitrogen and oxygen atoms in total. The lowest BCUT2D eigenvalue weighted by atomic mass is 10.2. The van der Waals surface area contributed by atoms with Gasteiger partial charge in [0.05, 0.1) is 10.2 Å². The fourth-order valence-electron chi connectivity index (χ4n) is 3.27. The Labute approximate surface area is 213 Å². The molecule has 178 valence electrons. The molecule has 3 aromatic rings. The Kier molecular flexibility index (Phi) is 7.48. The Bertz CT molecular complexity index is 1350. The van der Waals surface area contributed by atoms with Crippen LogP contribution in [0.2, 0.25) is 5.02 Å². The zero-order chi connectivity index (χ0) is 24.9. The maximum absolute atomic E-state index is 13.7. The Morgan fingerprint density at radius 3 is 2.60 bits per heavy atom. The van der Waals surface area contributed by atoms with Crippen LogP contribution in [-0.2, 0) is 16.2 Å². The molecule has 4 amide bonds. The zero-order valence-corrected chi connectivity index (χ0v) is 20.4. The van der Waals surface area contributed by atoms with Crippen molar-refractivity contribution in [1.82, 2.24) is 10.2 Å². The molecule has 35 heavy (non-hydrogen) atoms. The van der Waals surface area contributed by atoms with E-state index in [1.54, 1.807) is 30.3 Å². The second-order valence-electron chi connectivity index (χ2n) is 7.48. The first kappa shape index (κ1) is 24.4. The molecule has 1 fully saturated rings. The minimum Gasteiger partial charge on any atom is -0.488 e. The topological polar surface area (TPSA) is 87.7 Å². The number of anilines is 1. The smallest absolute Gasteiger partial charge is 0.329 e. The minimum absolute atomic E-state index is 0.00493. The van der Waals surface area contributed by atoms with E-state index in [1.165, 1.54) is 24.3 Å². The van der Waals surface area contributed by atoms with Crippen LogP contribution in [0.25, 0.3) is 6.08 Å². The van der Waals surface area contributed by atoms with Gasteiger partial charge in [-0.3, -0.25) is 9.59 Å². The van der Waals surface area contributed by atoms with E-state index in [4.69, 9.17) is 16.3 Å². The summed E-state index contributed by atoms with van der Waals surface area (Å²) in [6, 6.07) is 17.4. The summed E-state index contributed by atoms with van der Waals surface area (Å²) in [5.74, 6) is -1.43. The van der Waals surface area contributed by atoms with Crippen LogP contribution in [0.5, 0.6) is 5.75 Å². The molecular weight excluding hydrogens is 541 g/mol. The van der Waals surface area contributed by atoms with Crippen LogP contribution < -0.4 is 15.4 Å². The molecule has 4 rings (SSSR count). The lowest BCUT2D eigenvalue weighted by Crippen LogP contribution is -2.38. The molecule has 1 aliphatic heterocycles. The second kappa shape index (κ2) is 10.7. The Morgan fingerprint density at radius 1 is 1.11 bits per heavy atom. The monoisotopic (exact) mass is 557 g/mol. The van der Waals surface area contributed by atoms with E-state index in [0.717, 1.165) is 10.5 Å². The summed E-state index contributed by atoms with van der Waals surface area (Å²) in [6.07, 6.45) is 1.48. The number of rotatable bonds is 7. The lowest BCUT2D eigenvalue weighted by Gasteiger charge is -2.12. The van der Waals surface area contributed by atoms with E-state index in [9.17, 15) is 18.8 Å². The maximum atomic E-state index is 13.7. The summed E-state index contributed by atoms with van der Waals surface area (Å²) in [5.41, 5.74) is 1.42. The number of carbonyl (C=O) groups is 3. The number of ether oxygens (including phenoxy) is 1. The first-order valence-corrected chi connectivity index (χ1v) is 11.5. The number of amides is 4. The fraction of sp³-hybridized carbons (Fsp3) is 0.0800. The van der Waals surface area contributed by atoms with Gasteiger partial charge in [0, 0.05) is 10.6 Å². The summed E-state index contributed by atoms with van der Waals surface area (Å²) in [4.78, 5) is 37.9. The number of carbonyl (C=O) groups excluding carboxylic acids is 3. The molecule has 0 aliphatic carbocycles. The summed E-state index contributed by atoms with van der Waals surface area (Å²) in [7, 11) is 0. The molecule has 0 atom stereocenters. The average Bonchev–Trinajstić information content (AvgIpc) is 3.08. The molecule has 3 aromatic carbocycles. The molecule has 1 saturated heterocycles. The van der Waals surface area contributed by atoms with Crippen molar-refractivity contribution in [3.8, 4) is 5.75 Å². The number of hydrogen-bond acceptors (Lipinski definition) is 4. The molecule has 0 radical (unpaired) electrons. The Morgan fingerprint density at radius 2 is 1.86 bits per heavy atom. The van der Waals surface area contributed by atoms with Gasteiger partial charge in [-0.25, -0.2) is 14.1 Å². The molecule has 1 heterocycles. The molecule has 0 aromatic heterocycles. The normalized spacial score (nSPS) is 14.3. The van der Waals surface area contributed by atoms with Gasteiger partial charge in [0.25, 0.3) is 5.91 Å². The van der Waals surface area contributed by atoms with E-state index >= 15 is 0 Å². The van der Waals surface area contributed by atoms with Crippen molar-refractivity contribution in [3.63, 3.8) is 0 Å². The number of halogens is 3. The van der Waals surface area contributed by atoms with Gasteiger partial charge in [0.1, 0.15) is 30.4 Å². The van der Waals surface area contributed by atoms with Crippen molar-refractivity contribution in [2.75, 3.05) is 11.9 Å². The number of benzene rings is 3. The van der Waals surface area contributed by atoms with Gasteiger partial charge in [0.2, 0.25) is 5.91 Å². The van der Waals surface area contributed by atoms with Gasteiger partial charge >= 0.3 is 6.03 Å². The standard InChI is InChI=1S/C25H18BrClFN3O4/c26-17-11-15(9-10-22(17)35-14-16-5-1-2-6-18(16)27)12-21-24(33)31(25(34)30-21)13-23(32)29-20-8-4-3-7-19(20)28/h1-12H,13-14H2,(H,29,32)(H,30,34)/b21-12+. The largest absolute Gasteiger partial charge is 0.488 e. The molecule has 10 heteroatoms. The van der Waals surface area contributed by atoms with Crippen LogP contribution in [0, 0.1) is 5.82 Å². The van der Waals surface area contributed by atoms with Crippen LogP contribution in [0.15, 0.2) is 76.9 Å². The molecule has 0 spiro atoms. The number of imide groups is 1. The number of para-hydroxylation sites is 1. The minimum atomic E-state index is -0.747. The predicted octanol–water partition coefficient (Wildman–Crippen LogP) is 5.35. The van der Waals surface area contributed by atoms with Crippen molar-refractivity contribution < 1.29 is 23.5 Å². The van der Waals surface area contributed by atoms with Crippen molar-refractivity contribution in [1.29, 1.82) is 0 Å². The predicted molar refractivity (Wildman–Crippen MR) is 133 cm³/mol. The summed E-state index contributed by atoms with van der Waals surface area (Å²) >= 11 is 9.60. The third-order valence-corrected chi connectivity index (χ3v) is 6.01. The van der Waals surface area contributed by atoms with Crippen LogP contribution in [0.4, 0.5) is 14.9 Å². The van der Waals surface area contributed by atoms with Crippen LogP contribution >= 0.6 is 27.5 Å². The number of nitrogens with zero attached hydrogens (tertiary/aromatic N) is 1. The van der Waals surface area contributed by atoms with E-state index in [1.807, 2.05) is 18.2 Å². The van der Waals surface area contributed by atoms with E-state index in [2.05, 4.69) is 26.6 Å². The van der Waals surface area contributed by atoms with E-state index in [0.29, 0.717) is 20.8 Å². The van der Waals surface area contributed by atoms with Crippen LogP contribution in [0.1, 0.15) is 11.1 Å². The molecule has 1 aliphatic rings. The van der Waals surface area contributed by atoms with Crippen LogP contribution in [0.3, 0.4) is 0 Å². The highest BCUT2D eigenvalue weighted by Gasteiger charge is 2.35. The third-order valence-electron chi connectivity index (χ3n) is 5.02. The molecule has 0 bridgehead atoms. The molecular formula is C25H18BrClFN3O4. The molecule has 2 N–H and O–H groups in total. The van der Waals surface area contributed by atoms with Gasteiger partial charge in [-0.05, 0) is 57.9 Å². The fourth-order valence-corrected chi connectivity index (χ4v) is 3.97. The Balaban J connectivity index is 1.41. The van der Waals surface area contributed by atoms with Crippen molar-refractivity contribution in [2.45, 2.75) is 6.61 Å². The summed E-state index contributed by atoms with van der Waals surface area (Å²) < 4.78 is 20.2. The van der Waals surface area contributed by atoms with Crippen molar-refractivity contribution in [2.24, 2.45) is 0 Å². The van der Waals surface area contributed by atoms with Gasteiger partial charge in [-0.1, -0.05) is 48.0 Å². The second-order valence-corrected chi connectivity index (χ2v) is 8.74. The number of nitrogens with one attached hydrogen (secondary N) is 2. The number of hydrogen-bond donors (Lipinski definition) is 2. The highest BCUT2D eigenvalue weighted by Crippen LogP contribution is 2.29. The average molecular weight is 559 g/mol. The third kappa shape index (κ3) is 5.87. The van der Waals surface area contributed by atoms with Crippen molar-refractivity contribution in [3.05, 3.63) is 98.9 Å². The first-order chi connectivity index (χ1) is 16.8. The molecule has 0 unspecified atom stereocenters. The van der Waals surface area contributed by atoms with Gasteiger partial charge < -0.3 is 15.4 Å². The lowest BCUT2D eigenvalue weighted by molar-refractivity contribution is -0.127. The van der Waals surface area contributed by atoms with E-state index < -0.39 is 30.2 Å². The van der Waals surface area contributed by atoms with Gasteiger partial charge in [-0.2, -0.15) is 0 Å². The first-order valence-electron chi connectivity index (χ1n) is 10.4. The Hall–Kier alpha value is -3.69. The summed E-state index contributed by atoms with van der Waals surface area (Å²) in [6.45, 7) is -0.286. The SMILES string of the molecule is O=C(CN1C(=O)N/C(=C/c2ccc(OCc3ccccc3Cl)c(Br)c2)C1=O)Nc1ccccc1F. The van der Waals surface area contributed by atoms with Gasteiger partial charge in [-0.15, -0.1) is 0 Å². The molecule has 0 saturated carbocycles. The number of urea groups is 1.